The zero-order chi connectivity index (χ0) is 52.2. The van der Waals surface area contributed by atoms with Crippen molar-refractivity contribution in [1.29, 1.82) is 0 Å². The summed E-state index contributed by atoms with van der Waals surface area (Å²) < 4.78 is 5.48. The number of carbonyl (C=O) groups is 2. The largest absolute Gasteiger partial charge is 0.466 e. The molecule has 0 rings (SSSR count). The van der Waals surface area contributed by atoms with E-state index < -0.39 is 12.1 Å². The summed E-state index contributed by atoms with van der Waals surface area (Å²) in [5.74, 6) is -0.0642. The topological polar surface area (TPSA) is 95.9 Å². The normalized spacial score (nSPS) is 12.8. The Morgan fingerprint density at radius 3 is 1.08 bits per heavy atom. The summed E-state index contributed by atoms with van der Waals surface area (Å²) in [6, 6.07) is -0.555. The molecule has 0 aromatic heterocycles. The predicted molar refractivity (Wildman–Crippen MR) is 315 cm³/mol. The zero-order valence-corrected chi connectivity index (χ0v) is 48.4. The molecule has 0 radical (unpaired) electrons. The van der Waals surface area contributed by atoms with E-state index in [1.54, 1.807) is 0 Å². The lowest BCUT2D eigenvalue weighted by Gasteiger charge is -2.22. The average Bonchev–Trinajstić information content (AvgIpc) is 3.38. The van der Waals surface area contributed by atoms with E-state index in [0.717, 1.165) is 77.0 Å². The van der Waals surface area contributed by atoms with Gasteiger partial charge in [-0.15, -0.1) is 0 Å². The third-order valence-corrected chi connectivity index (χ3v) is 14.9. The van der Waals surface area contributed by atoms with Crippen molar-refractivity contribution < 1.29 is 24.5 Å². The summed E-state index contributed by atoms with van der Waals surface area (Å²) in [6.07, 6.45) is 77.2. The lowest BCUT2D eigenvalue weighted by atomic mass is 10.0. The smallest absolute Gasteiger partial charge is 0.305 e. The van der Waals surface area contributed by atoms with Crippen LogP contribution in [0.4, 0.5) is 0 Å². The molecule has 0 bridgehead atoms. The van der Waals surface area contributed by atoms with Crippen molar-refractivity contribution in [3.05, 3.63) is 36.5 Å². The molecule has 0 fully saturated rings. The van der Waals surface area contributed by atoms with E-state index in [1.807, 2.05) is 0 Å². The number of nitrogens with one attached hydrogen (secondary N) is 1. The highest BCUT2D eigenvalue weighted by Gasteiger charge is 2.20. The van der Waals surface area contributed by atoms with Gasteiger partial charge in [0.05, 0.1) is 25.4 Å². The van der Waals surface area contributed by atoms with Gasteiger partial charge in [0.15, 0.2) is 0 Å². The molecule has 72 heavy (non-hydrogen) atoms. The van der Waals surface area contributed by atoms with Crippen LogP contribution in [0.3, 0.4) is 0 Å². The number of hydrogen-bond donors (Lipinski definition) is 3. The quantitative estimate of drug-likeness (QED) is 0.0320. The molecule has 3 N–H and O–H groups in total. The van der Waals surface area contributed by atoms with Crippen LogP contribution in [0.2, 0.25) is 0 Å². The molecule has 0 heterocycles. The SMILES string of the molecule is CCCCCC/C=C\C/C=C\CCCCCCCCCC(=O)OCCCCCC/C=C\CCCCCCCCCC(=O)NC(CO)C(O)CCCCCCCCCCCCCCCCCCCCCCCC. The molecule has 6 heteroatoms. The highest BCUT2D eigenvalue weighted by atomic mass is 16.5. The van der Waals surface area contributed by atoms with Crippen LogP contribution in [-0.4, -0.2) is 47.4 Å². The van der Waals surface area contributed by atoms with Gasteiger partial charge in [0.1, 0.15) is 0 Å². The predicted octanol–water partition coefficient (Wildman–Crippen LogP) is 20.4. The number of carbonyl (C=O) groups excluding carboxylic acids is 2. The number of esters is 1. The summed E-state index contributed by atoms with van der Waals surface area (Å²) in [4.78, 5) is 24.6. The van der Waals surface area contributed by atoms with Crippen LogP contribution in [0.5, 0.6) is 0 Å². The number of unbranched alkanes of at least 4 members (excludes halogenated alkanes) is 43. The summed E-state index contributed by atoms with van der Waals surface area (Å²) in [7, 11) is 0. The minimum absolute atomic E-state index is 0.0167. The number of amides is 1. The van der Waals surface area contributed by atoms with Crippen LogP contribution < -0.4 is 5.32 Å². The number of hydrogen-bond acceptors (Lipinski definition) is 5. The number of aliphatic hydroxyl groups excluding tert-OH is 2. The fourth-order valence-corrected chi connectivity index (χ4v) is 9.96. The van der Waals surface area contributed by atoms with Gasteiger partial charge in [0.2, 0.25) is 5.91 Å². The molecule has 6 nitrogen and oxygen atoms in total. The van der Waals surface area contributed by atoms with Crippen LogP contribution in [-0.2, 0) is 14.3 Å². The van der Waals surface area contributed by atoms with E-state index in [4.69, 9.17) is 4.74 Å². The van der Waals surface area contributed by atoms with Gasteiger partial charge in [-0.2, -0.15) is 0 Å². The molecular formula is C66H125NO5. The second-order valence-electron chi connectivity index (χ2n) is 22.1. The van der Waals surface area contributed by atoms with Gasteiger partial charge in [-0.05, 0) is 83.5 Å². The number of aliphatic hydroxyl groups is 2. The van der Waals surface area contributed by atoms with Crippen LogP contribution in [0.1, 0.15) is 348 Å². The second-order valence-corrected chi connectivity index (χ2v) is 22.1. The molecule has 0 saturated carbocycles. The standard InChI is InChI=1S/C66H125NO5/c1-3-5-7-9-11-13-15-17-19-21-23-24-25-26-27-30-34-38-42-46-50-54-58-64(69)63(62-68)67-65(70)59-55-51-47-43-39-35-31-29-33-37-41-45-49-53-57-61-72-66(71)60-56-52-48-44-40-36-32-28-22-20-18-16-14-12-10-8-6-4-2/h14,16,20,22,33,37,63-64,68-69H,3-13,15,17-19,21,23-32,34-36,38-62H2,1-2H3,(H,67,70)/b16-14-,22-20-,37-33-. The van der Waals surface area contributed by atoms with Crippen molar-refractivity contribution in [2.45, 2.75) is 360 Å². The van der Waals surface area contributed by atoms with Crippen LogP contribution in [0.25, 0.3) is 0 Å². The van der Waals surface area contributed by atoms with Crippen molar-refractivity contribution >= 4 is 11.9 Å². The maximum absolute atomic E-state index is 12.5. The monoisotopic (exact) mass is 1010 g/mol. The highest BCUT2D eigenvalue weighted by molar-refractivity contribution is 5.76. The lowest BCUT2D eigenvalue weighted by Crippen LogP contribution is -2.45. The van der Waals surface area contributed by atoms with Crippen molar-refractivity contribution in [2.24, 2.45) is 0 Å². The summed E-state index contributed by atoms with van der Waals surface area (Å²) >= 11 is 0. The first-order valence-corrected chi connectivity index (χ1v) is 32.2. The van der Waals surface area contributed by atoms with E-state index in [9.17, 15) is 19.8 Å². The summed E-state index contributed by atoms with van der Waals surface area (Å²) in [5, 5.41) is 23.4. The molecule has 0 spiro atoms. The molecule has 424 valence electrons. The fourth-order valence-electron chi connectivity index (χ4n) is 9.96. The van der Waals surface area contributed by atoms with E-state index in [2.05, 4.69) is 55.6 Å². The van der Waals surface area contributed by atoms with Crippen LogP contribution in [0.15, 0.2) is 36.5 Å². The molecule has 0 aliphatic carbocycles. The Morgan fingerprint density at radius 1 is 0.389 bits per heavy atom. The maximum atomic E-state index is 12.5. The fraction of sp³-hybridized carbons (Fsp3) is 0.879. The molecule has 2 atom stereocenters. The van der Waals surface area contributed by atoms with Crippen LogP contribution >= 0.6 is 0 Å². The first-order chi connectivity index (χ1) is 35.5. The first kappa shape index (κ1) is 70.1. The average molecular weight is 1010 g/mol. The highest BCUT2D eigenvalue weighted by Crippen LogP contribution is 2.18. The Hall–Kier alpha value is -1.92. The van der Waals surface area contributed by atoms with Crippen molar-refractivity contribution in [3.63, 3.8) is 0 Å². The van der Waals surface area contributed by atoms with Crippen LogP contribution in [0, 0.1) is 0 Å². The Bertz CT molecular complexity index is 1170. The molecule has 1 amide bonds. The Morgan fingerprint density at radius 2 is 0.694 bits per heavy atom. The molecule has 2 unspecified atom stereocenters. The Labute approximate surface area is 449 Å². The number of allylic oxidation sites excluding steroid dienone is 6. The molecule has 0 saturated heterocycles. The lowest BCUT2D eigenvalue weighted by molar-refractivity contribution is -0.143. The zero-order valence-electron chi connectivity index (χ0n) is 48.4. The molecule has 0 aromatic rings. The van der Waals surface area contributed by atoms with Crippen molar-refractivity contribution in [2.75, 3.05) is 13.2 Å². The molecular weight excluding hydrogens is 887 g/mol. The van der Waals surface area contributed by atoms with E-state index >= 15 is 0 Å². The van der Waals surface area contributed by atoms with E-state index in [1.165, 1.54) is 238 Å². The van der Waals surface area contributed by atoms with Gasteiger partial charge >= 0.3 is 5.97 Å². The minimum atomic E-state index is -0.676. The Balaban J connectivity index is 3.46. The Kier molecular flexibility index (Phi) is 60.0. The summed E-state index contributed by atoms with van der Waals surface area (Å²) in [6.45, 7) is 4.92. The number of rotatable bonds is 60. The van der Waals surface area contributed by atoms with Gasteiger partial charge < -0.3 is 20.3 Å². The first-order valence-electron chi connectivity index (χ1n) is 32.2. The van der Waals surface area contributed by atoms with Gasteiger partial charge in [-0.1, -0.05) is 288 Å². The maximum Gasteiger partial charge on any atom is 0.305 e. The van der Waals surface area contributed by atoms with Crippen molar-refractivity contribution in [1.82, 2.24) is 5.32 Å². The van der Waals surface area contributed by atoms with Gasteiger partial charge in [0.25, 0.3) is 0 Å². The van der Waals surface area contributed by atoms with Gasteiger partial charge in [-0.25, -0.2) is 0 Å². The van der Waals surface area contributed by atoms with Gasteiger partial charge in [-0.3, -0.25) is 9.59 Å². The summed E-state index contributed by atoms with van der Waals surface area (Å²) in [5.41, 5.74) is 0. The molecule has 0 aromatic carbocycles. The third kappa shape index (κ3) is 57.4. The minimum Gasteiger partial charge on any atom is -0.466 e. The van der Waals surface area contributed by atoms with Gasteiger partial charge in [0, 0.05) is 12.8 Å². The van der Waals surface area contributed by atoms with E-state index in [0.29, 0.717) is 25.9 Å². The van der Waals surface area contributed by atoms with E-state index in [-0.39, 0.29) is 18.5 Å². The third-order valence-electron chi connectivity index (χ3n) is 14.9. The number of ether oxygens (including phenoxy) is 1. The molecule has 0 aliphatic rings. The molecule has 0 aliphatic heterocycles. The van der Waals surface area contributed by atoms with Crippen molar-refractivity contribution in [3.8, 4) is 0 Å². The second kappa shape index (κ2) is 61.6.